The minimum absolute atomic E-state index is 0.0105. The largest absolute Gasteiger partial charge is 0.480 e. The quantitative estimate of drug-likeness (QED) is 0.658. The number of aromatic nitrogens is 2. The number of carboxylic acids is 1. The molecule has 0 radical (unpaired) electrons. The van der Waals surface area contributed by atoms with E-state index >= 15 is 0 Å². The van der Waals surface area contributed by atoms with Crippen molar-refractivity contribution >= 4 is 17.7 Å². The van der Waals surface area contributed by atoms with Crippen LogP contribution in [0.25, 0.3) is 0 Å². The molecule has 1 aliphatic rings. The summed E-state index contributed by atoms with van der Waals surface area (Å²) >= 11 is 0. The first-order valence-corrected chi connectivity index (χ1v) is 8.18. The molecule has 2 heterocycles. The molecule has 1 fully saturated rings. The maximum Gasteiger partial charge on any atom is 0.325 e. The van der Waals surface area contributed by atoms with Gasteiger partial charge in [0.1, 0.15) is 6.54 Å². The minimum atomic E-state index is -0.955. The van der Waals surface area contributed by atoms with E-state index in [2.05, 4.69) is 5.10 Å². The number of rotatable bonds is 5. The normalized spacial score (nSPS) is 17.3. The van der Waals surface area contributed by atoms with Crippen molar-refractivity contribution in [2.75, 3.05) is 13.1 Å². The molecule has 1 N–H and O–H groups in total. The van der Waals surface area contributed by atoms with Crippen LogP contribution in [0.15, 0.2) is 42.6 Å². The summed E-state index contributed by atoms with van der Waals surface area (Å²) < 4.78 is 1.37. The van der Waals surface area contributed by atoms with E-state index in [4.69, 9.17) is 5.11 Å². The maximum absolute atomic E-state index is 12.5. The van der Waals surface area contributed by atoms with Gasteiger partial charge in [-0.25, -0.2) is 0 Å². The number of carboxylic acid groups (broad SMARTS) is 1. The molecule has 0 bridgehead atoms. The van der Waals surface area contributed by atoms with E-state index in [0.717, 1.165) is 18.5 Å². The van der Waals surface area contributed by atoms with Crippen LogP contribution in [0.2, 0.25) is 0 Å². The van der Waals surface area contributed by atoms with Gasteiger partial charge in [0.25, 0.3) is 5.91 Å². The fraction of sp³-hybridized carbons (Fsp3) is 0.333. The molecule has 1 aliphatic heterocycles. The highest BCUT2D eigenvalue weighted by Crippen LogP contribution is 2.26. The van der Waals surface area contributed by atoms with Crippen LogP contribution in [0.5, 0.6) is 0 Å². The third-order valence-corrected chi connectivity index (χ3v) is 4.32. The number of aliphatic carboxylic acids is 1. The summed E-state index contributed by atoms with van der Waals surface area (Å²) in [6.45, 7) is 0.771. The van der Waals surface area contributed by atoms with E-state index in [0.29, 0.717) is 18.7 Å². The number of amides is 1. The van der Waals surface area contributed by atoms with Gasteiger partial charge < -0.3 is 10.0 Å². The van der Waals surface area contributed by atoms with Gasteiger partial charge in [0.15, 0.2) is 0 Å². The van der Waals surface area contributed by atoms with Gasteiger partial charge in [0, 0.05) is 30.8 Å². The summed E-state index contributed by atoms with van der Waals surface area (Å²) in [4.78, 5) is 37.2. The molecule has 7 nitrogen and oxygen atoms in total. The highest BCUT2D eigenvalue weighted by Gasteiger charge is 2.30. The van der Waals surface area contributed by atoms with E-state index in [1.165, 1.54) is 4.68 Å². The number of carbonyl (C=O) groups excluding carboxylic acids is 2. The van der Waals surface area contributed by atoms with Gasteiger partial charge in [0.2, 0.25) is 5.78 Å². The number of piperidine rings is 1. The van der Waals surface area contributed by atoms with Gasteiger partial charge in [0.05, 0.1) is 5.69 Å². The van der Waals surface area contributed by atoms with Crippen molar-refractivity contribution in [2.24, 2.45) is 0 Å². The molecule has 0 saturated carbocycles. The molecule has 0 spiro atoms. The standard InChI is InChI=1S/C18H19N3O4/c22-16(23)12-21-10-8-15(19-21)14-7-4-9-20(11-14)18(25)17(24)13-5-2-1-3-6-13/h1-3,5-6,8,10,14H,4,7,9,11-12H2,(H,22,23)/t14-/m1/s1. The number of carbonyl (C=O) groups is 3. The van der Waals surface area contributed by atoms with Crippen molar-refractivity contribution in [3.05, 3.63) is 53.9 Å². The first-order chi connectivity index (χ1) is 12.0. The zero-order valence-corrected chi connectivity index (χ0v) is 13.7. The Hall–Kier alpha value is -2.96. The molecule has 0 aliphatic carbocycles. The second-order valence-corrected chi connectivity index (χ2v) is 6.12. The van der Waals surface area contributed by atoms with Crippen LogP contribution in [0.1, 0.15) is 34.8 Å². The molecule has 1 aromatic heterocycles. The Morgan fingerprint density at radius 3 is 2.64 bits per heavy atom. The van der Waals surface area contributed by atoms with Crippen molar-refractivity contribution in [3.63, 3.8) is 0 Å². The van der Waals surface area contributed by atoms with Gasteiger partial charge in [-0.15, -0.1) is 0 Å². The molecule has 2 aromatic rings. The van der Waals surface area contributed by atoms with Crippen LogP contribution in [0, 0.1) is 0 Å². The number of nitrogens with zero attached hydrogens (tertiary/aromatic N) is 3. The smallest absolute Gasteiger partial charge is 0.325 e. The Morgan fingerprint density at radius 1 is 1.16 bits per heavy atom. The molecule has 1 saturated heterocycles. The monoisotopic (exact) mass is 341 g/mol. The van der Waals surface area contributed by atoms with Gasteiger partial charge in [-0.2, -0.15) is 5.10 Å². The number of likely N-dealkylation sites (tertiary alicyclic amines) is 1. The summed E-state index contributed by atoms with van der Waals surface area (Å²) in [6, 6.07) is 10.3. The number of ketones is 1. The summed E-state index contributed by atoms with van der Waals surface area (Å²) in [7, 11) is 0. The summed E-state index contributed by atoms with van der Waals surface area (Å²) in [5.41, 5.74) is 1.14. The first kappa shape index (κ1) is 16.9. The van der Waals surface area contributed by atoms with Crippen LogP contribution < -0.4 is 0 Å². The third kappa shape index (κ3) is 3.93. The molecule has 3 rings (SSSR count). The maximum atomic E-state index is 12.5. The van der Waals surface area contributed by atoms with Crippen molar-refractivity contribution in [2.45, 2.75) is 25.3 Å². The lowest BCUT2D eigenvalue weighted by atomic mass is 9.94. The van der Waals surface area contributed by atoms with Crippen molar-refractivity contribution in [1.29, 1.82) is 0 Å². The van der Waals surface area contributed by atoms with Crippen molar-refractivity contribution in [1.82, 2.24) is 14.7 Å². The molecule has 130 valence electrons. The van der Waals surface area contributed by atoms with Gasteiger partial charge in [-0.1, -0.05) is 30.3 Å². The van der Waals surface area contributed by atoms with E-state index < -0.39 is 17.7 Å². The van der Waals surface area contributed by atoms with Crippen LogP contribution in [-0.2, 0) is 16.1 Å². The average Bonchev–Trinajstić information content (AvgIpc) is 3.09. The van der Waals surface area contributed by atoms with E-state index in [1.54, 1.807) is 47.5 Å². The van der Waals surface area contributed by atoms with E-state index in [1.807, 2.05) is 0 Å². The molecular weight excluding hydrogens is 322 g/mol. The Labute approximate surface area is 144 Å². The Morgan fingerprint density at radius 2 is 1.92 bits per heavy atom. The number of hydrogen-bond acceptors (Lipinski definition) is 4. The summed E-state index contributed by atoms with van der Waals surface area (Å²) in [5.74, 6) is -1.95. The molecule has 1 atom stereocenters. The van der Waals surface area contributed by atoms with Crippen LogP contribution in [0.3, 0.4) is 0 Å². The summed E-state index contributed by atoms with van der Waals surface area (Å²) in [5, 5.41) is 13.1. The lowest BCUT2D eigenvalue weighted by Crippen LogP contribution is -2.42. The molecule has 0 unspecified atom stereocenters. The second-order valence-electron chi connectivity index (χ2n) is 6.12. The minimum Gasteiger partial charge on any atom is -0.480 e. The zero-order chi connectivity index (χ0) is 17.8. The van der Waals surface area contributed by atoms with Crippen LogP contribution >= 0.6 is 0 Å². The number of Topliss-reactive ketones (excluding diaryl/α,β-unsaturated/α-hetero) is 1. The van der Waals surface area contributed by atoms with E-state index in [9.17, 15) is 14.4 Å². The molecule has 1 aromatic carbocycles. The number of benzene rings is 1. The fourth-order valence-electron chi connectivity index (χ4n) is 3.08. The predicted octanol–water partition coefficient (Wildman–Crippen LogP) is 1.56. The van der Waals surface area contributed by atoms with Gasteiger partial charge in [-0.05, 0) is 18.9 Å². The molecule has 1 amide bonds. The molecule has 25 heavy (non-hydrogen) atoms. The van der Waals surface area contributed by atoms with Crippen LogP contribution in [0.4, 0.5) is 0 Å². The molecular formula is C18H19N3O4. The third-order valence-electron chi connectivity index (χ3n) is 4.32. The zero-order valence-electron chi connectivity index (χ0n) is 13.7. The number of hydrogen-bond donors (Lipinski definition) is 1. The van der Waals surface area contributed by atoms with E-state index in [-0.39, 0.29) is 12.5 Å². The highest BCUT2D eigenvalue weighted by molar-refractivity contribution is 6.42. The topological polar surface area (TPSA) is 92.5 Å². The van der Waals surface area contributed by atoms with Gasteiger partial charge >= 0.3 is 5.97 Å². The lowest BCUT2D eigenvalue weighted by molar-refractivity contribution is -0.137. The summed E-state index contributed by atoms with van der Waals surface area (Å²) in [6.07, 6.45) is 3.26. The van der Waals surface area contributed by atoms with Crippen LogP contribution in [-0.4, -0.2) is 50.5 Å². The highest BCUT2D eigenvalue weighted by atomic mass is 16.4. The Balaban J connectivity index is 1.68. The first-order valence-electron chi connectivity index (χ1n) is 8.18. The van der Waals surface area contributed by atoms with Crippen molar-refractivity contribution in [3.8, 4) is 0 Å². The Bertz CT molecular complexity index is 785. The van der Waals surface area contributed by atoms with Crippen molar-refractivity contribution < 1.29 is 19.5 Å². The molecule has 7 heteroatoms. The SMILES string of the molecule is O=C(O)Cn1ccc([C@@H]2CCCN(C(=O)C(=O)c3ccccc3)C2)n1. The van der Waals surface area contributed by atoms with Gasteiger partial charge in [-0.3, -0.25) is 19.1 Å². The second kappa shape index (κ2) is 7.29. The lowest BCUT2D eigenvalue weighted by Gasteiger charge is -2.31. The average molecular weight is 341 g/mol. The predicted molar refractivity (Wildman–Crippen MR) is 89.2 cm³/mol. The fourth-order valence-corrected chi connectivity index (χ4v) is 3.08. The Kier molecular flexibility index (Phi) is 4.92.